The molecule has 1 fully saturated rings. The molecule has 16 heteroatoms. The summed E-state index contributed by atoms with van der Waals surface area (Å²) in [7, 11) is 0. The van der Waals surface area contributed by atoms with E-state index in [4.69, 9.17) is 0 Å². The van der Waals surface area contributed by atoms with Crippen molar-refractivity contribution >= 4 is 52.6 Å². The summed E-state index contributed by atoms with van der Waals surface area (Å²) in [5, 5.41) is 31.1. The minimum absolute atomic E-state index is 0. The average molecular weight is 478 g/mol. The number of aromatic nitrogens is 6. The fraction of sp³-hybridized carbons (Fsp3) is 0.429. The molecule has 2 unspecified atom stereocenters. The Morgan fingerprint density at radius 3 is 2.83 bits per heavy atom. The summed E-state index contributed by atoms with van der Waals surface area (Å²) in [5.74, 6) is -1.19. The van der Waals surface area contributed by atoms with Crippen molar-refractivity contribution in [2.45, 2.75) is 29.2 Å². The predicted octanol–water partition coefficient (Wildman–Crippen LogP) is -3.63. The second-order valence-electron chi connectivity index (χ2n) is 6.10. The fourth-order valence-corrected chi connectivity index (χ4v) is 6.20. The molecule has 0 saturated carbocycles. The number of nitrogens with zero attached hydrogens (tertiary/aromatic N) is 7. The Morgan fingerprint density at radius 1 is 1.40 bits per heavy atom. The summed E-state index contributed by atoms with van der Waals surface area (Å²) in [6, 6.07) is -0.779. The van der Waals surface area contributed by atoms with Crippen LogP contribution in [0.3, 0.4) is 0 Å². The van der Waals surface area contributed by atoms with E-state index in [0.29, 0.717) is 17.1 Å². The van der Waals surface area contributed by atoms with Gasteiger partial charge in [0.05, 0.1) is 0 Å². The number of carboxylic acids is 1. The standard InChI is InChI=1S/C14H14N8O4S3.Na/c1-6-17-18-14(29-6)28-4-7-3-27-12-9(11(24)22(12)10(7)13(25)26)16-8(23)2-21-5-15-19-20-21;/h5,9,12H,2-4H2,1H3,(H,16,23)(H,25,26);/q;+1. The van der Waals surface area contributed by atoms with Gasteiger partial charge in [-0.25, -0.2) is 9.48 Å². The molecule has 12 nitrogen and oxygen atoms in total. The zero-order valence-electron chi connectivity index (χ0n) is 15.9. The van der Waals surface area contributed by atoms with Crippen LogP contribution in [0.25, 0.3) is 0 Å². The maximum atomic E-state index is 12.6. The second kappa shape index (κ2) is 9.74. The van der Waals surface area contributed by atoms with Crippen molar-refractivity contribution in [1.29, 1.82) is 0 Å². The number of aryl methyl sites for hydroxylation is 1. The summed E-state index contributed by atoms with van der Waals surface area (Å²) in [4.78, 5) is 37.8. The third kappa shape index (κ3) is 4.70. The van der Waals surface area contributed by atoms with Crippen LogP contribution in [0.15, 0.2) is 21.9 Å². The van der Waals surface area contributed by atoms with Gasteiger partial charge in [0.1, 0.15) is 35.0 Å². The topological polar surface area (TPSA) is 156 Å². The van der Waals surface area contributed by atoms with Gasteiger partial charge >= 0.3 is 35.5 Å². The summed E-state index contributed by atoms with van der Waals surface area (Å²) >= 11 is 4.24. The molecule has 1 saturated heterocycles. The number of hydrogen-bond acceptors (Lipinski definition) is 11. The number of nitrogens with one attached hydrogen (secondary N) is 1. The van der Waals surface area contributed by atoms with E-state index < -0.39 is 29.2 Å². The normalized spacial score (nSPS) is 20.3. The SMILES string of the molecule is Cc1nnc(SCC2=C(C(=O)O)N3C(=O)C(NC(=O)Cn4cnnn4)C3SC2)s1.[Na+]. The maximum Gasteiger partial charge on any atom is 1.00 e. The Labute approximate surface area is 204 Å². The van der Waals surface area contributed by atoms with Crippen LogP contribution in [0.4, 0.5) is 0 Å². The number of tetrazole rings is 1. The summed E-state index contributed by atoms with van der Waals surface area (Å²) in [6.07, 6.45) is 1.29. The second-order valence-corrected chi connectivity index (χ2v) is 9.60. The van der Waals surface area contributed by atoms with Gasteiger partial charge in [-0.15, -0.1) is 27.1 Å². The quantitative estimate of drug-likeness (QED) is 0.230. The first-order chi connectivity index (χ1) is 13.9. The third-order valence-corrected chi connectivity index (χ3v) is 7.54. The van der Waals surface area contributed by atoms with Gasteiger partial charge in [-0.3, -0.25) is 14.5 Å². The largest absolute Gasteiger partial charge is 1.00 e. The van der Waals surface area contributed by atoms with Gasteiger partial charge < -0.3 is 10.4 Å². The molecule has 30 heavy (non-hydrogen) atoms. The molecule has 0 aromatic carbocycles. The number of fused-ring (bicyclic) bond motifs is 1. The van der Waals surface area contributed by atoms with E-state index in [1.807, 2.05) is 6.92 Å². The van der Waals surface area contributed by atoms with Gasteiger partial charge in [-0.05, 0) is 22.9 Å². The van der Waals surface area contributed by atoms with Crippen LogP contribution < -0.4 is 34.9 Å². The van der Waals surface area contributed by atoms with Crippen LogP contribution in [0.2, 0.25) is 0 Å². The molecule has 2 amide bonds. The van der Waals surface area contributed by atoms with Crippen LogP contribution in [0, 0.1) is 6.92 Å². The predicted molar refractivity (Wildman–Crippen MR) is 103 cm³/mol. The minimum atomic E-state index is -1.16. The van der Waals surface area contributed by atoms with Crippen LogP contribution in [0.5, 0.6) is 0 Å². The van der Waals surface area contributed by atoms with Gasteiger partial charge in [-0.1, -0.05) is 23.1 Å². The van der Waals surface area contributed by atoms with E-state index in [0.717, 1.165) is 9.35 Å². The molecule has 2 aliphatic heterocycles. The van der Waals surface area contributed by atoms with Crippen LogP contribution in [-0.4, -0.2) is 81.1 Å². The van der Waals surface area contributed by atoms with Crippen molar-refractivity contribution in [2.75, 3.05) is 11.5 Å². The Bertz CT molecular complexity index is 997. The summed E-state index contributed by atoms with van der Waals surface area (Å²) in [5.41, 5.74) is 0.627. The van der Waals surface area contributed by atoms with E-state index in [-0.39, 0.29) is 41.8 Å². The Morgan fingerprint density at radius 2 is 2.20 bits per heavy atom. The third-order valence-electron chi connectivity index (χ3n) is 4.14. The molecule has 0 bridgehead atoms. The number of rotatable bonds is 7. The van der Waals surface area contributed by atoms with E-state index >= 15 is 0 Å². The van der Waals surface area contributed by atoms with Crippen molar-refractivity contribution in [3.8, 4) is 0 Å². The maximum absolute atomic E-state index is 12.6. The molecule has 4 rings (SSSR count). The molecule has 2 N–H and O–H groups in total. The number of amides is 2. The Kier molecular flexibility index (Phi) is 7.52. The molecule has 0 spiro atoms. The van der Waals surface area contributed by atoms with E-state index in [9.17, 15) is 19.5 Å². The van der Waals surface area contributed by atoms with Crippen molar-refractivity contribution in [3.05, 3.63) is 22.6 Å². The zero-order valence-corrected chi connectivity index (χ0v) is 20.3. The molecule has 2 aromatic heterocycles. The molecule has 152 valence electrons. The monoisotopic (exact) mass is 477 g/mol. The molecule has 0 aliphatic carbocycles. The zero-order chi connectivity index (χ0) is 20.5. The summed E-state index contributed by atoms with van der Waals surface area (Å²) < 4.78 is 1.98. The number of aliphatic carboxylic acids is 1. The number of carbonyl (C=O) groups is 3. The number of thioether (sulfide) groups is 2. The first-order valence-corrected chi connectivity index (χ1v) is 11.1. The van der Waals surface area contributed by atoms with Crippen molar-refractivity contribution in [3.63, 3.8) is 0 Å². The van der Waals surface area contributed by atoms with Gasteiger partial charge in [-0.2, -0.15) is 0 Å². The van der Waals surface area contributed by atoms with E-state index in [1.54, 1.807) is 0 Å². The van der Waals surface area contributed by atoms with Crippen molar-refractivity contribution < 1.29 is 49.0 Å². The van der Waals surface area contributed by atoms with Crippen LogP contribution in [0.1, 0.15) is 5.01 Å². The first kappa shape index (κ1) is 23.1. The molecule has 0 radical (unpaired) electrons. The fourth-order valence-electron chi connectivity index (χ4n) is 2.90. The average Bonchev–Trinajstić information content (AvgIpc) is 3.35. The Balaban J connectivity index is 0.00000256. The minimum Gasteiger partial charge on any atom is -0.477 e. The summed E-state index contributed by atoms with van der Waals surface area (Å²) in [6.45, 7) is 1.72. The first-order valence-electron chi connectivity index (χ1n) is 8.27. The molecule has 4 heterocycles. The van der Waals surface area contributed by atoms with Crippen molar-refractivity contribution in [2.24, 2.45) is 0 Å². The molecular weight excluding hydrogens is 463 g/mol. The van der Waals surface area contributed by atoms with Gasteiger partial charge in [0, 0.05) is 11.5 Å². The molecular formula is C14H14N8NaO4S3+. The number of β-lactam (4-membered cyclic amide) rings is 1. The number of carbonyl (C=O) groups excluding carboxylic acids is 2. The number of hydrogen-bond donors (Lipinski definition) is 2. The number of carboxylic acid groups (broad SMARTS) is 1. The Hall–Kier alpha value is -1.52. The van der Waals surface area contributed by atoms with Gasteiger partial charge in [0.2, 0.25) is 5.91 Å². The van der Waals surface area contributed by atoms with Gasteiger partial charge in [0.15, 0.2) is 4.34 Å². The van der Waals surface area contributed by atoms with Crippen molar-refractivity contribution in [1.82, 2.24) is 40.6 Å². The van der Waals surface area contributed by atoms with E-state index in [1.165, 1.54) is 50.8 Å². The smallest absolute Gasteiger partial charge is 0.477 e. The molecule has 2 atom stereocenters. The molecule has 2 aliphatic rings. The molecule has 2 aromatic rings. The van der Waals surface area contributed by atoms with Gasteiger partial charge in [0.25, 0.3) is 5.91 Å². The van der Waals surface area contributed by atoms with Crippen LogP contribution >= 0.6 is 34.9 Å². The van der Waals surface area contributed by atoms with E-state index in [2.05, 4.69) is 31.0 Å². The van der Waals surface area contributed by atoms with Crippen LogP contribution in [-0.2, 0) is 20.9 Å².